The molecule has 0 spiro atoms. The molecule has 8 nitrogen and oxygen atoms in total. The molecule has 1 aromatic heterocycles. The van der Waals surface area contributed by atoms with Crippen LogP contribution in [0.4, 0.5) is 11.5 Å². The third-order valence-electron chi connectivity index (χ3n) is 7.45. The Bertz CT molecular complexity index is 1280. The lowest BCUT2D eigenvalue weighted by Gasteiger charge is -2.40. The van der Waals surface area contributed by atoms with E-state index in [4.69, 9.17) is 9.47 Å². The van der Waals surface area contributed by atoms with Gasteiger partial charge in [0.25, 0.3) is 11.8 Å². The molecule has 2 aliphatic heterocycles. The number of benzene rings is 2. The molecular weight excluding hydrogens is 468 g/mol. The molecule has 0 radical (unpaired) electrons. The summed E-state index contributed by atoms with van der Waals surface area (Å²) < 4.78 is 10.7. The first-order valence-electron chi connectivity index (χ1n) is 12.6. The van der Waals surface area contributed by atoms with Gasteiger partial charge in [0, 0.05) is 35.4 Å². The van der Waals surface area contributed by atoms with Crippen LogP contribution in [0.2, 0.25) is 0 Å². The van der Waals surface area contributed by atoms with Crippen molar-refractivity contribution in [1.82, 2.24) is 10.3 Å². The molecule has 0 aliphatic carbocycles. The van der Waals surface area contributed by atoms with Gasteiger partial charge in [-0.2, -0.15) is 0 Å². The summed E-state index contributed by atoms with van der Waals surface area (Å²) in [4.78, 5) is 32.8. The number of amides is 2. The fraction of sp³-hybridized carbons (Fsp3) is 0.345. The van der Waals surface area contributed by atoms with Crippen LogP contribution in [0.1, 0.15) is 52.0 Å². The monoisotopic (exact) mass is 500 g/mol. The lowest BCUT2D eigenvalue weighted by Crippen LogP contribution is -2.50. The maximum Gasteiger partial charge on any atom is 0.257 e. The van der Waals surface area contributed by atoms with Gasteiger partial charge in [-0.15, -0.1) is 0 Å². The predicted octanol–water partition coefficient (Wildman–Crippen LogP) is 4.59. The zero-order chi connectivity index (χ0) is 25.9. The summed E-state index contributed by atoms with van der Waals surface area (Å²) in [6, 6.07) is 17.3. The van der Waals surface area contributed by atoms with Gasteiger partial charge in [-0.25, -0.2) is 4.98 Å². The molecule has 0 saturated carbocycles. The van der Waals surface area contributed by atoms with Gasteiger partial charge in [-0.3, -0.25) is 9.59 Å². The Balaban J connectivity index is 1.23. The first-order valence-corrected chi connectivity index (χ1v) is 12.6. The van der Waals surface area contributed by atoms with Crippen LogP contribution in [0.15, 0.2) is 60.8 Å². The standard InChI is InChI=1S/C29H32N4O4/c1-18-23(7-6-10-25(18)36-2)29(35)31-20-15-21-12-13-22(16-20)33(21)27-14-11-19(17-30-27)28(34)32-24-8-4-5-9-26(24)37-3/h4-11,14,17,20-22H,12-13,15-16H2,1-3H3,(H,31,35)(H,32,34)/t20?,21-,22+. The SMILES string of the molecule is COc1ccccc1NC(=O)c1ccc(N2[C@@H]3CC[C@H]2CC(NC(=O)c2cccc(OC)c2C)C3)nc1. The number of pyridine rings is 1. The second-order valence-corrected chi connectivity index (χ2v) is 9.63. The Kier molecular flexibility index (Phi) is 6.99. The summed E-state index contributed by atoms with van der Waals surface area (Å²) in [5, 5.41) is 6.14. The van der Waals surface area contributed by atoms with Crippen molar-refractivity contribution < 1.29 is 19.1 Å². The van der Waals surface area contributed by atoms with E-state index in [0.29, 0.717) is 40.4 Å². The van der Waals surface area contributed by atoms with E-state index in [2.05, 4.69) is 20.5 Å². The van der Waals surface area contributed by atoms with Crippen molar-refractivity contribution in [3.05, 3.63) is 77.5 Å². The van der Waals surface area contributed by atoms with Crippen LogP contribution in [0, 0.1) is 6.92 Å². The Morgan fingerprint density at radius 2 is 1.59 bits per heavy atom. The number of hydrogen-bond donors (Lipinski definition) is 2. The smallest absolute Gasteiger partial charge is 0.257 e. The summed E-state index contributed by atoms with van der Waals surface area (Å²) in [6.07, 6.45) is 5.48. The summed E-state index contributed by atoms with van der Waals surface area (Å²) in [6.45, 7) is 1.91. The predicted molar refractivity (Wildman–Crippen MR) is 143 cm³/mol. The van der Waals surface area contributed by atoms with Gasteiger partial charge >= 0.3 is 0 Å². The molecule has 3 heterocycles. The molecule has 2 N–H and O–H groups in total. The van der Waals surface area contributed by atoms with Crippen molar-refractivity contribution in [2.24, 2.45) is 0 Å². The molecule has 1 unspecified atom stereocenters. The number of piperidine rings is 1. The normalized spacial score (nSPS) is 20.3. The van der Waals surface area contributed by atoms with Gasteiger partial charge < -0.3 is 25.0 Å². The molecule has 2 saturated heterocycles. The summed E-state index contributed by atoms with van der Waals surface area (Å²) in [5.74, 6) is 1.90. The van der Waals surface area contributed by atoms with Crippen molar-refractivity contribution in [1.29, 1.82) is 0 Å². The Morgan fingerprint density at radius 3 is 2.27 bits per heavy atom. The molecule has 2 bridgehead atoms. The van der Waals surface area contributed by atoms with Crippen LogP contribution < -0.4 is 25.0 Å². The van der Waals surface area contributed by atoms with Crippen molar-refractivity contribution in [2.45, 2.75) is 50.7 Å². The lowest BCUT2D eigenvalue weighted by atomic mass is 9.96. The average Bonchev–Trinajstić information content (AvgIpc) is 3.19. The average molecular weight is 501 g/mol. The van der Waals surface area contributed by atoms with Gasteiger partial charge in [0.05, 0.1) is 25.5 Å². The molecule has 2 aliphatic rings. The maximum absolute atomic E-state index is 13.0. The topological polar surface area (TPSA) is 92.8 Å². The fourth-order valence-corrected chi connectivity index (χ4v) is 5.63. The van der Waals surface area contributed by atoms with E-state index in [9.17, 15) is 9.59 Å². The van der Waals surface area contributed by atoms with Gasteiger partial charge in [0.1, 0.15) is 17.3 Å². The van der Waals surface area contributed by atoms with Crippen LogP contribution in [0.5, 0.6) is 11.5 Å². The second kappa shape index (κ2) is 10.5. The highest BCUT2D eigenvalue weighted by molar-refractivity contribution is 6.05. The first-order chi connectivity index (χ1) is 18.0. The third kappa shape index (κ3) is 4.96. The molecule has 2 fully saturated rings. The minimum Gasteiger partial charge on any atom is -0.496 e. The number of para-hydroxylation sites is 2. The fourth-order valence-electron chi connectivity index (χ4n) is 5.63. The minimum absolute atomic E-state index is 0.0576. The molecular formula is C29H32N4O4. The quantitative estimate of drug-likeness (QED) is 0.493. The lowest BCUT2D eigenvalue weighted by molar-refractivity contribution is 0.0925. The molecule has 2 amide bonds. The molecule has 37 heavy (non-hydrogen) atoms. The number of rotatable bonds is 7. The first kappa shape index (κ1) is 24.6. The van der Waals surface area contributed by atoms with Crippen molar-refractivity contribution in [3.63, 3.8) is 0 Å². The van der Waals surface area contributed by atoms with Crippen LogP contribution in [0.25, 0.3) is 0 Å². The van der Waals surface area contributed by atoms with Crippen molar-refractivity contribution in [2.75, 3.05) is 24.4 Å². The summed E-state index contributed by atoms with van der Waals surface area (Å²) in [5.41, 5.74) is 2.60. The highest BCUT2D eigenvalue weighted by atomic mass is 16.5. The zero-order valence-corrected chi connectivity index (χ0v) is 21.4. The molecule has 2 aromatic carbocycles. The number of methoxy groups -OCH3 is 2. The van der Waals surface area contributed by atoms with E-state index in [1.54, 1.807) is 32.5 Å². The number of hydrogen-bond acceptors (Lipinski definition) is 6. The number of nitrogens with zero attached hydrogens (tertiary/aromatic N) is 2. The van der Waals surface area contributed by atoms with E-state index in [-0.39, 0.29) is 17.9 Å². The van der Waals surface area contributed by atoms with Crippen LogP contribution in [-0.4, -0.2) is 49.1 Å². The number of fused-ring (bicyclic) bond motifs is 2. The number of ether oxygens (including phenoxy) is 2. The highest BCUT2D eigenvalue weighted by Crippen LogP contribution is 2.39. The Morgan fingerprint density at radius 1 is 0.892 bits per heavy atom. The van der Waals surface area contributed by atoms with Crippen molar-refractivity contribution >= 4 is 23.3 Å². The zero-order valence-electron chi connectivity index (χ0n) is 21.4. The van der Waals surface area contributed by atoms with Gasteiger partial charge in [-0.05, 0) is 69.0 Å². The molecule has 3 aromatic rings. The number of nitrogens with one attached hydrogen (secondary N) is 2. The molecule has 8 heteroatoms. The van der Waals surface area contributed by atoms with Crippen LogP contribution >= 0.6 is 0 Å². The van der Waals surface area contributed by atoms with Crippen molar-refractivity contribution in [3.8, 4) is 11.5 Å². The number of carbonyl (C=O) groups excluding carboxylic acids is 2. The maximum atomic E-state index is 13.0. The van der Waals surface area contributed by atoms with E-state index >= 15 is 0 Å². The molecule has 192 valence electrons. The Hall–Kier alpha value is -4.07. The van der Waals surface area contributed by atoms with Gasteiger partial charge in [-0.1, -0.05) is 18.2 Å². The van der Waals surface area contributed by atoms with E-state index in [1.807, 2.05) is 49.4 Å². The van der Waals surface area contributed by atoms with Crippen LogP contribution in [-0.2, 0) is 0 Å². The Labute approximate surface area is 217 Å². The minimum atomic E-state index is -0.235. The van der Waals surface area contributed by atoms with Gasteiger partial charge in [0.15, 0.2) is 0 Å². The largest absolute Gasteiger partial charge is 0.496 e. The third-order valence-corrected chi connectivity index (χ3v) is 7.45. The van der Waals surface area contributed by atoms with E-state index < -0.39 is 0 Å². The van der Waals surface area contributed by atoms with Crippen LogP contribution in [0.3, 0.4) is 0 Å². The summed E-state index contributed by atoms with van der Waals surface area (Å²) in [7, 11) is 3.19. The van der Waals surface area contributed by atoms with E-state index in [0.717, 1.165) is 37.1 Å². The number of anilines is 2. The second-order valence-electron chi connectivity index (χ2n) is 9.63. The summed E-state index contributed by atoms with van der Waals surface area (Å²) >= 11 is 0. The highest BCUT2D eigenvalue weighted by Gasteiger charge is 2.42. The number of carbonyl (C=O) groups is 2. The number of aromatic nitrogens is 1. The van der Waals surface area contributed by atoms with E-state index in [1.165, 1.54) is 0 Å². The van der Waals surface area contributed by atoms with Gasteiger partial charge in [0.2, 0.25) is 0 Å². The molecule has 3 atom stereocenters. The molecule has 5 rings (SSSR count).